The minimum atomic E-state index is 0.199. The SMILES string of the molecule is CC(=O)CC1CCCCN1C(=O)C1C2CCCC21. The summed E-state index contributed by atoms with van der Waals surface area (Å²) < 4.78 is 0. The molecule has 2 aliphatic carbocycles. The normalized spacial score (nSPS) is 38.4. The molecule has 0 spiro atoms. The minimum Gasteiger partial charge on any atom is -0.339 e. The van der Waals surface area contributed by atoms with Crippen molar-refractivity contribution in [3.8, 4) is 0 Å². The topological polar surface area (TPSA) is 37.4 Å². The molecular formula is C15H23NO2. The second kappa shape index (κ2) is 4.67. The molecule has 18 heavy (non-hydrogen) atoms. The average molecular weight is 249 g/mol. The predicted octanol–water partition coefficient (Wildman–Crippen LogP) is 2.39. The Hall–Kier alpha value is -0.860. The van der Waals surface area contributed by atoms with E-state index in [2.05, 4.69) is 0 Å². The Morgan fingerprint density at radius 2 is 1.78 bits per heavy atom. The van der Waals surface area contributed by atoms with Gasteiger partial charge in [-0.05, 0) is 50.9 Å². The van der Waals surface area contributed by atoms with Crippen LogP contribution in [0.25, 0.3) is 0 Å². The third-order valence-corrected chi connectivity index (χ3v) is 5.12. The molecule has 2 saturated carbocycles. The molecule has 100 valence electrons. The van der Waals surface area contributed by atoms with Crippen molar-refractivity contribution in [2.75, 3.05) is 6.54 Å². The summed E-state index contributed by atoms with van der Waals surface area (Å²) in [5, 5.41) is 0. The van der Waals surface area contributed by atoms with Crippen molar-refractivity contribution in [2.45, 2.75) is 57.9 Å². The molecule has 3 nitrogen and oxygen atoms in total. The first-order valence-electron chi connectivity index (χ1n) is 7.48. The van der Waals surface area contributed by atoms with Gasteiger partial charge < -0.3 is 4.90 Å². The highest BCUT2D eigenvalue weighted by Crippen LogP contribution is 2.58. The maximum Gasteiger partial charge on any atom is 0.226 e. The first-order valence-corrected chi connectivity index (χ1v) is 7.48. The quantitative estimate of drug-likeness (QED) is 0.770. The van der Waals surface area contributed by atoms with Crippen LogP contribution < -0.4 is 0 Å². The molecule has 0 N–H and O–H groups in total. The molecule has 0 radical (unpaired) electrons. The van der Waals surface area contributed by atoms with Gasteiger partial charge in [-0.1, -0.05) is 6.42 Å². The number of rotatable bonds is 3. The number of hydrogen-bond donors (Lipinski definition) is 0. The van der Waals surface area contributed by atoms with E-state index in [1.165, 1.54) is 25.7 Å². The van der Waals surface area contributed by atoms with Gasteiger partial charge in [0.05, 0.1) is 0 Å². The lowest BCUT2D eigenvalue weighted by molar-refractivity contribution is -0.138. The molecule has 1 heterocycles. The number of ketones is 1. The summed E-state index contributed by atoms with van der Waals surface area (Å²) in [6.45, 7) is 2.52. The molecule has 3 unspecified atom stereocenters. The van der Waals surface area contributed by atoms with E-state index in [-0.39, 0.29) is 11.8 Å². The molecule has 0 bridgehead atoms. The lowest BCUT2D eigenvalue weighted by Crippen LogP contribution is -2.45. The average Bonchev–Trinajstić information content (AvgIpc) is 2.81. The number of Topliss-reactive ketones (excluding diaryl/α,β-unsaturated/α-hetero) is 1. The molecular weight excluding hydrogens is 226 g/mol. The highest BCUT2D eigenvalue weighted by atomic mass is 16.2. The number of carbonyl (C=O) groups is 2. The van der Waals surface area contributed by atoms with Gasteiger partial charge in [0.15, 0.2) is 0 Å². The number of fused-ring (bicyclic) bond motifs is 1. The molecule has 0 aromatic carbocycles. The minimum absolute atomic E-state index is 0.199. The summed E-state index contributed by atoms with van der Waals surface area (Å²) in [5.74, 6) is 2.30. The standard InChI is InChI=1S/C15H23NO2/c1-10(17)9-11-5-2-3-8-16(11)15(18)14-12-6-4-7-13(12)14/h11-14H,2-9H2,1H3. The smallest absolute Gasteiger partial charge is 0.226 e. The summed E-state index contributed by atoms with van der Waals surface area (Å²) in [6, 6.07) is 0.199. The lowest BCUT2D eigenvalue weighted by Gasteiger charge is -2.36. The van der Waals surface area contributed by atoms with E-state index in [1.54, 1.807) is 6.92 Å². The van der Waals surface area contributed by atoms with Crippen LogP contribution in [0.15, 0.2) is 0 Å². The number of carbonyl (C=O) groups excluding carboxylic acids is 2. The van der Waals surface area contributed by atoms with Gasteiger partial charge >= 0.3 is 0 Å². The zero-order valence-electron chi connectivity index (χ0n) is 11.2. The van der Waals surface area contributed by atoms with Crippen LogP contribution in [-0.2, 0) is 9.59 Å². The van der Waals surface area contributed by atoms with Crippen LogP contribution in [0.3, 0.4) is 0 Å². The van der Waals surface area contributed by atoms with Crippen LogP contribution in [0.1, 0.15) is 51.9 Å². The van der Waals surface area contributed by atoms with Gasteiger partial charge in [0, 0.05) is 24.9 Å². The van der Waals surface area contributed by atoms with Gasteiger partial charge in [-0.25, -0.2) is 0 Å². The summed E-state index contributed by atoms with van der Waals surface area (Å²) in [5.41, 5.74) is 0. The van der Waals surface area contributed by atoms with Gasteiger partial charge in [0.25, 0.3) is 0 Å². The number of likely N-dealkylation sites (tertiary alicyclic amines) is 1. The Morgan fingerprint density at radius 1 is 1.06 bits per heavy atom. The fourth-order valence-corrected chi connectivity index (χ4v) is 4.21. The second-order valence-electron chi connectivity index (χ2n) is 6.37. The van der Waals surface area contributed by atoms with Crippen LogP contribution >= 0.6 is 0 Å². The van der Waals surface area contributed by atoms with Gasteiger partial charge in [-0.15, -0.1) is 0 Å². The number of hydrogen-bond acceptors (Lipinski definition) is 2. The van der Waals surface area contributed by atoms with Crippen molar-refractivity contribution in [2.24, 2.45) is 17.8 Å². The van der Waals surface area contributed by atoms with Crippen LogP contribution in [0, 0.1) is 17.8 Å². The number of amides is 1. The number of piperidine rings is 1. The first kappa shape index (κ1) is 12.2. The molecule has 3 aliphatic rings. The molecule has 3 rings (SSSR count). The Labute approximate surface area is 109 Å². The Kier molecular flexibility index (Phi) is 3.16. The third kappa shape index (κ3) is 2.08. The summed E-state index contributed by atoms with van der Waals surface area (Å²) >= 11 is 0. The van der Waals surface area contributed by atoms with Gasteiger partial charge in [-0.2, -0.15) is 0 Å². The fraction of sp³-hybridized carbons (Fsp3) is 0.867. The molecule has 3 heteroatoms. The van der Waals surface area contributed by atoms with E-state index >= 15 is 0 Å². The molecule has 0 aromatic rings. The van der Waals surface area contributed by atoms with Crippen molar-refractivity contribution < 1.29 is 9.59 Å². The monoisotopic (exact) mass is 249 g/mol. The zero-order valence-corrected chi connectivity index (χ0v) is 11.2. The summed E-state index contributed by atoms with van der Waals surface area (Å²) in [4.78, 5) is 26.0. The van der Waals surface area contributed by atoms with Crippen LogP contribution in [0.5, 0.6) is 0 Å². The van der Waals surface area contributed by atoms with Crippen molar-refractivity contribution in [3.05, 3.63) is 0 Å². The summed E-state index contributed by atoms with van der Waals surface area (Å²) in [6.07, 6.45) is 7.69. The molecule has 1 aliphatic heterocycles. The van der Waals surface area contributed by atoms with E-state index in [1.807, 2.05) is 4.90 Å². The van der Waals surface area contributed by atoms with E-state index < -0.39 is 0 Å². The van der Waals surface area contributed by atoms with Crippen LogP contribution in [0.4, 0.5) is 0 Å². The lowest BCUT2D eigenvalue weighted by atomic mass is 9.96. The Bertz CT molecular complexity index is 356. The molecule has 0 aromatic heterocycles. The third-order valence-electron chi connectivity index (χ3n) is 5.12. The van der Waals surface area contributed by atoms with Gasteiger partial charge in [0.2, 0.25) is 5.91 Å². The first-order chi connectivity index (χ1) is 8.68. The fourth-order valence-electron chi connectivity index (χ4n) is 4.21. The van der Waals surface area contributed by atoms with Crippen molar-refractivity contribution >= 4 is 11.7 Å². The van der Waals surface area contributed by atoms with Crippen molar-refractivity contribution in [1.29, 1.82) is 0 Å². The maximum absolute atomic E-state index is 12.6. The second-order valence-corrected chi connectivity index (χ2v) is 6.37. The largest absolute Gasteiger partial charge is 0.339 e. The van der Waals surface area contributed by atoms with Crippen LogP contribution in [0.2, 0.25) is 0 Å². The summed E-state index contributed by atoms with van der Waals surface area (Å²) in [7, 11) is 0. The predicted molar refractivity (Wildman–Crippen MR) is 69.0 cm³/mol. The van der Waals surface area contributed by atoms with Crippen LogP contribution in [-0.4, -0.2) is 29.2 Å². The van der Waals surface area contributed by atoms with Gasteiger partial charge in [0.1, 0.15) is 5.78 Å². The Balaban J connectivity index is 1.65. The molecule has 1 saturated heterocycles. The van der Waals surface area contributed by atoms with E-state index in [4.69, 9.17) is 0 Å². The molecule has 1 amide bonds. The van der Waals surface area contributed by atoms with E-state index in [0.717, 1.165) is 19.4 Å². The highest BCUT2D eigenvalue weighted by molar-refractivity contribution is 5.84. The Morgan fingerprint density at radius 3 is 2.44 bits per heavy atom. The van der Waals surface area contributed by atoms with Gasteiger partial charge in [-0.3, -0.25) is 9.59 Å². The van der Waals surface area contributed by atoms with E-state index in [0.29, 0.717) is 30.1 Å². The van der Waals surface area contributed by atoms with Crippen molar-refractivity contribution in [1.82, 2.24) is 4.90 Å². The van der Waals surface area contributed by atoms with E-state index in [9.17, 15) is 9.59 Å². The van der Waals surface area contributed by atoms with Crippen molar-refractivity contribution in [3.63, 3.8) is 0 Å². The molecule has 3 fully saturated rings. The zero-order chi connectivity index (χ0) is 12.7. The number of nitrogens with zero attached hydrogens (tertiary/aromatic N) is 1. The maximum atomic E-state index is 12.6. The highest BCUT2D eigenvalue weighted by Gasteiger charge is 2.57. The molecule has 3 atom stereocenters.